The van der Waals surface area contributed by atoms with Gasteiger partial charge >= 0.3 is 5.97 Å². The van der Waals surface area contributed by atoms with Gasteiger partial charge in [-0.15, -0.1) is 0 Å². The van der Waals surface area contributed by atoms with Gasteiger partial charge in [0.2, 0.25) is 0 Å². The Morgan fingerprint density at radius 1 is 1.53 bits per heavy atom. The fourth-order valence-electron chi connectivity index (χ4n) is 1.23. The number of nitrogens with one attached hydrogen (secondary N) is 1. The predicted molar refractivity (Wildman–Crippen MR) is 60.2 cm³/mol. The van der Waals surface area contributed by atoms with Crippen molar-refractivity contribution in [3.63, 3.8) is 0 Å². The van der Waals surface area contributed by atoms with Crippen molar-refractivity contribution in [2.24, 2.45) is 0 Å². The third-order valence-electron chi connectivity index (χ3n) is 2.18. The number of allylic oxidation sites excluding steroid dienone is 4. The molecule has 0 aromatic heterocycles. The number of hydrogen-bond acceptors (Lipinski definition) is 3. The molecule has 0 saturated carbocycles. The lowest BCUT2D eigenvalue weighted by atomic mass is 10.0. The molecule has 0 radical (unpaired) electrons. The minimum atomic E-state index is -1.01. The van der Waals surface area contributed by atoms with Gasteiger partial charge in [0.1, 0.15) is 0 Å². The van der Waals surface area contributed by atoms with Crippen molar-refractivity contribution in [1.82, 2.24) is 5.32 Å². The summed E-state index contributed by atoms with van der Waals surface area (Å²) in [7, 11) is 1.26. The van der Waals surface area contributed by atoms with E-state index < -0.39 is 17.6 Å². The van der Waals surface area contributed by atoms with Crippen molar-refractivity contribution in [3.8, 4) is 0 Å². The zero-order valence-electron chi connectivity index (χ0n) is 9.43. The van der Waals surface area contributed by atoms with E-state index in [1.54, 1.807) is 0 Å². The summed E-state index contributed by atoms with van der Waals surface area (Å²) >= 11 is 0. The number of carbonyl (C=O) groups is 1. The Bertz CT molecular complexity index is 422. The van der Waals surface area contributed by atoms with E-state index in [1.807, 2.05) is 0 Å². The maximum Gasteiger partial charge on any atom is 0.310 e. The van der Waals surface area contributed by atoms with Crippen LogP contribution in [0.5, 0.6) is 0 Å². The van der Waals surface area contributed by atoms with Crippen LogP contribution in [0, 0.1) is 0 Å². The van der Waals surface area contributed by atoms with Crippen molar-refractivity contribution in [1.29, 1.82) is 0 Å². The molecule has 92 valence electrons. The molecule has 0 spiro atoms. The average molecular weight is 241 g/mol. The largest absolute Gasteiger partial charge is 0.469 e. The number of ether oxygens (including phenoxy) is 1. The van der Waals surface area contributed by atoms with E-state index in [2.05, 4.69) is 16.6 Å². The van der Waals surface area contributed by atoms with E-state index in [1.165, 1.54) is 13.3 Å². The second-order valence-electron chi connectivity index (χ2n) is 3.40. The molecule has 0 amide bonds. The zero-order valence-corrected chi connectivity index (χ0v) is 9.43. The number of esters is 1. The number of methoxy groups -OCH3 is 1. The summed E-state index contributed by atoms with van der Waals surface area (Å²) in [6.07, 6.45) is 3.47. The summed E-state index contributed by atoms with van der Waals surface area (Å²) in [5, 5.41) is 2.74. The highest BCUT2D eigenvalue weighted by Gasteiger charge is 2.12. The van der Waals surface area contributed by atoms with Crippen LogP contribution in [0.4, 0.5) is 8.78 Å². The second kappa shape index (κ2) is 5.98. The van der Waals surface area contributed by atoms with Crippen LogP contribution in [0.2, 0.25) is 0 Å². The van der Waals surface area contributed by atoms with Crippen molar-refractivity contribution in [2.75, 3.05) is 13.7 Å². The third kappa shape index (κ3) is 3.86. The summed E-state index contributed by atoms with van der Waals surface area (Å²) < 4.78 is 30.8. The fourth-order valence-corrected chi connectivity index (χ4v) is 1.23. The van der Waals surface area contributed by atoms with Crippen LogP contribution in [0.15, 0.2) is 47.7 Å². The first kappa shape index (κ1) is 13.2. The molecule has 0 saturated heterocycles. The number of hydrogen-bond donors (Lipinski definition) is 1. The highest BCUT2D eigenvalue weighted by Crippen LogP contribution is 2.21. The van der Waals surface area contributed by atoms with Gasteiger partial charge in [0.15, 0.2) is 11.7 Å². The molecule has 1 heterocycles. The SMILES string of the molecule is C=C1/C=C(F)\C(F)=C/CNC=C1CC(=O)OC. The Balaban J connectivity index is 2.93. The van der Waals surface area contributed by atoms with E-state index in [0.717, 1.165) is 12.2 Å². The van der Waals surface area contributed by atoms with Gasteiger partial charge in [-0.25, -0.2) is 8.78 Å². The summed E-state index contributed by atoms with van der Waals surface area (Å²) in [6.45, 7) is 3.71. The molecule has 0 atom stereocenters. The van der Waals surface area contributed by atoms with Gasteiger partial charge in [0.05, 0.1) is 13.5 Å². The van der Waals surface area contributed by atoms with Crippen LogP contribution in [0.25, 0.3) is 0 Å². The predicted octanol–water partition coefficient (Wildman–Crippen LogP) is 2.30. The maximum atomic E-state index is 13.2. The normalized spacial score (nSPS) is 22.8. The van der Waals surface area contributed by atoms with Crippen LogP contribution in [0.1, 0.15) is 6.42 Å². The van der Waals surface area contributed by atoms with Gasteiger partial charge < -0.3 is 10.1 Å². The third-order valence-corrected chi connectivity index (χ3v) is 2.18. The molecular weight excluding hydrogens is 228 g/mol. The highest BCUT2D eigenvalue weighted by molar-refractivity contribution is 5.74. The van der Waals surface area contributed by atoms with Crippen LogP contribution < -0.4 is 5.32 Å². The smallest absolute Gasteiger partial charge is 0.310 e. The van der Waals surface area contributed by atoms with E-state index in [9.17, 15) is 13.6 Å². The lowest BCUT2D eigenvalue weighted by molar-refractivity contribution is -0.139. The van der Waals surface area contributed by atoms with Crippen LogP contribution in [-0.4, -0.2) is 19.6 Å². The van der Waals surface area contributed by atoms with Gasteiger partial charge in [-0.05, 0) is 23.3 Å². The molecule has 1 N–H and O–H groups in total. The summed E-state index contributed by atoms with van der Waals surface area (Å²) in [5.41, 5.74) is 0.681. The van der Waals surface area contributed by atoms with Crippen molar-refractivity contribution in [3.05, 3.63) is 47.7 Å². The quantitative estimate of drug-likeness (QED) is 0.754. The molecule has 0 aromatic carbocycles. The number of halogens is 2. The molecule has 0 aromatic rings. The molecule has 1 aliphatic rings. The molecule has 1 rings (SSSR count). The molecule has 5 heteroatoms. The molecule has 3 nitrogen and oxygen atoms in total. The Labute approximate surface area is 98.1 Å². The minimum absolute atomic E-state index is 0.0479. The summed E-state index contributed by atoms with van der Waals surface area (Å²) in [6, 6.07) is 0. The Morgan fingerprint density at radius 3 is 2.88 bits per heavy atom. The lowest BCUT2D eigenvalue weighted by Crippen LogP contribution is -2.09. The molecule has 0 fully saturated rings. The first-order valence-corrected chi connectivity index (χ1v) is 4.96. The maximum absolute atomic E-state index is 13.2. The molecule has 1 aliphatic heterocycles. The van der Waals surface area contributed by atoms with Crippen molar-refractivity contribution >= 4 is 5.97 Å². The Hall–Kier alpha value is -1.91. The van der Waals surface area contributed by atoms with Crippen LogP contribution >= 0.6 is 0 Å². The number of rotatable bonds is 2. The molecule has 17 heavy (non-hydrogen) atoms. The van der Waals surface area contributed by atoms with Crippen molar-refractivity contribution in [2.45, 2.75) is 6.42 Å². The second-order valence-corrected chi connectivity index (χ2v) is 3.40. The summed E-state index contributed by atoms with van der Waals surface area (Å²) in [4.78, 5) is 11.1. The molecule has 0 bridgehead atoms. The van der Waals surface area contributed by atoms with E-state index in [4.69, 9.17) is 0 Å². The Kier molecular flexibility index (Phi) is 4.63. The molecule has 0 unspecified atom stereocenters. The van der Waals surface area contributed by atoms with Crippen molar-refractivity contribution < 1.29 is 18.3 Å². The van der Waals surface area contributed by atoms with E-state index in [0.29, 0.717) is 5.57 Å². The zero-order chi connectivity index (χ0) is 12.8. The average Bonchev–Trinajstić information content (AvgIpc) is 2.35. The Morgan fingerprint density at radius 2 is 2.24 bits per heavy atom. The number of carbonyl (C=O) groups excluding carboxylic acids is 1. The highest BCUT2D eigenvalue weighted by atomic mass is 19.2. The monoisotopic (exact) mass is 241 g/mol. The summed E-state index contributed by atoms with van der Waals surface area (Å²) in [5.74, 6) is -2.43. The van der Waals surface area contributed by atoms with E-state index in [-0.39, 0.29) is 18.5 Å². The van der Waals surface area contributed by atoms with Gasteiger partial charge in [-0.1, -0.05) is 6.58 Å². The van der Waals surface area contributed by atoms with Gasteiger partial charge in [-0.2, -0.15) is 0 Å². The topological polar surface area (TPSA) is 38.3 Å². The first-order chi connectivity index (χ1) is 8.04. The van der Waals surface area contributed by atoms with E-state index >= 15 is 0 Å². The lowest BCUT2D eigenvalue weighted by Gasteiger charge is -2.06. The minimum Gasteiger partial charge on any atom is -0.469 e. The van der Waals surface area contributed by atoms with Gasteiger partial charge in [-0.3, -0.25) is 4.79 Å². The van der Waals surface area contributed by atoms with Crippen LogP contribution in [-0.2, 0) is 9.53 Å². The van der Waals surface area contributed by atoms with Gasteiger partial charge in [0, 0.05) is 12.7 Å². The first-order valence-electron chi connectivity index (χ1n) is 4.96. The van der Waals surface area contributed by atoms with Gasteiger partial charge in [0.25, 0.3) is 0 Å². The van der Waals surface area contributed by atoms with Crippen LogP contribution in [0.3, 0.4) is 0 Å². The molecular formula is C12H13F2NO2. The fraction of sp³-hybridized carbons (Fsp3) is 0.250. The molecule has 0 aliphatic carbocycles. The standard InChI is InChI=1S/C12H13F2NO2/c1-8-5-11(14)10(13)3-4-15-7-9(8)6-12(16)17-2/h3,5,7,15H,1,4,6H2,2H3/b9-7?,10-3+,11-5+.